The van der Waals surface area contributed by atoms with Gasteiger partial charge in [-0.05, 0) is 47.6 Å². The summed E-state index contributed by atoms with van der Waals surface area (Å²) < 4.78 is 24.5. The van der Waals surface area contributed by atoms with E-state index in [1.54, 1.807) is 36.5 Å². The SMILES string of the molecule is CCN(CC)C(CNC(=O)c1ccccc1S(=O)(=O)CC)c1ccsc1. The topological polar surface area (TPSA) is 66.5 Å². The van der Waals surface area contributed by atoms with Crippen LogP contribution in [-0.2, 0) is 9.84 Å². The Morgan fingerprint density at radius 1 is 1.15 bits per heavy atom. The molecule has 0 fully saturated rings. The molecule has 1 N–H and O–H groups in total. The molecule has 0 spiro atoms. The number of sulfone groups is 1. The number of likely N-dealkylation sites (N-methyl/N-ethyl adjacent to an activating group) is 1. The van der Waals surface area contributed by atoms with Gasteiger partial charge in [-0.15, -0.1) is 0 Å². The molecular formula is C19H26N2O3S2. The van der Waals surface area contributed by atoms with Gasteiger partial charge in [0.25, 0.3) is 5.91 Å². The number of thiophene rings is 1. The third kappa shape index (κ3) is 4.72. The third-order valence-corrected chi connectivity index (χ3v) is 6.97. The van der Waals surface area contributed by atoms with Crippen LogP contribution in [0.2, 0.25) is 0 Å². The van der Waals surface area contributed by atoms with Crippen molar-refractivity contribution >= 4 is 27.1 Å². The Labute approximate surface area is 160 Å². The molecule has 26 heavy (non-hydrogen) atoms. The Morgan fingerprint density at radius 3 is 2.42 bits per heavy atom. The molecule has 1 amide bonds. The normalized spacial score (nSPS) is 12.9. The number of nitrogens with zero attached hydrogens (tertiary/aromatic N) is 1. The molecule has 0 bridgehead atoms. The molecule has 1 aromatic heterocycles. The zero-order valence-electron chi connectivity index (χ0n) is 15.4. The highest BCUT2D eigenvalue weighted by Crippen LogP contribution is 2.23. The van der Waals surface area contributed by atoms with Gasteiger partial charge in [0, 0.05) is 6.54 Å². The molecule has 0 aliphatic rings. The smallest absolute Gasteiger partial charge is 0.252 e. The first-order valence-corrected chi connectivity index (χ1v) is 11.4. The fraction of sp³-hybridized carbons (Fsp3) is 0.421. The summed E-state index contributed by atoms with van der Waals surface area (Å²) in [7, 11) is -3.45. The average Bonchev–Trinajstić information content (AvgIpc) is 3.19. The van der Waals surface area contributed by atoms with Gasteiger partial charge in [0.05, 0.1) is 22.3 Å². The summed E-state index contributed by atoms with van der Waals surface area (Å²) in [5, 5.41) is 7.05. The molecular weight excluding hydrogens is 368 g/mol. The lowest BCUT2D eigenvalue weighted by Crippen LogP contribution is -2.38. The second-order valence-corrected chi connectivity index (χ2v) is 8.93. The minimum absolute atomic E-state index is 0.0335. The van der Waals surface area contributed by atoms with Gasteiger partial charge in [-0.2, -0.15) is 11.3 Å². The first-order chi connectivity index (χ1) is 12.4. The summed E-state index contributed by atoms with van der Waals surface area (Å²) in [6.45, 7) is 7.93. The number of benzene rings is 1. The van der Waals surface area contributed by atoms with Crippen LogP contribution in [0.3, 0.4) is 0 Å². The minimum Gasteiger partial charge on any atom is -0.350 e. The van der Waals surface area contributed by atoms with Crippen molar-refractivity contribution in [3.8, 4) is 0 Å². The maximum absolute atomic E-state index is 12.7. The van der Waals surface area contributed by atoms with Crippen LogP contribution in [0.4, 0.5) is 0 Å². The lowest BCUT2D eigenvalue weighted by molar-refractivity contribution is 0.0931. The van der Waals surface area contributed by atoms with E-state index in [1.807, 2.05) is 5.38 Å². The standard InChI is InChI=1S/C19H26N2O3S2/c1-4-21(5-2)17(15-11-12-25-14-15)13-20-19(22)16-9-7-8-10-18(16)26(23,24)6-3/h7-12,14,17H,4-6,13H2,1-3H3,(H,20,22). The van der Waals surface area contributed by atoms with E-state index in [9.17, 15) is 13.2 Å². The molecule has 7 heteroatoms. The van der Waals surface area contributed by atoms with E-state index in [-0.39, 0.29) is 28.2 Å². The summed E-state index contributed by atoms with van der Waals surface area (Å²) in [6, 6.07) is 8.52. The van der Waals surface area contributed by atoms with E-state index >= 15 is 0 Å². The van der Waals surface area contributed by atoms with Crippen LogP contribution in [0.1, 0.15) is 42.7 Å². The first kappa shape index (κ1) is 20.6. The molecule has 0 aliphatic carbocycles. The Hall–Kier alpha value is -1.70. The van der Waals surface area contributed by atoms with Gasteiger partial charge < -0.3 is 5.32 Å². The molecule has 0 radical (unpaired) electrons. The average molecular weight is 395 g/mol. The molecule has 5 nitrogen and oxygen atoms in total. The van der Waals surface area contributed by atoms with E-state index in [0.717, 1.165) is 18.7 Å². The van der Waals surface area contributed by atoms with E-state index in [4.69, 9.17) is 0 Å². The van der Waals surface area contributed by atoms with E-state index in [0.29, 0.717) is 6.54 Å². The number of carbonyl (C=O) groups excluding carboxylic acids is 1. The molecule has 0 saturated heterocycles. The highest BCUT2D eigenvalue weighted by atomic mass is 32.2. The highest BCUT2D eigenvalue weighted by molar-refractivity contribution is 7.91. The number of rotatable bonds is 9. The summed E-state index contributed by atoms with van der Waals surface area (Å²) in [5.41, 5.74) is 1.37. The van der Waals surface area contributed by atoms with Crippen molar-refractivity contribution in [2.75, 3.05) is 25.4 Å². The van der Waals surface area contributed by atoms with Crippen molar-refractivity contribution in [1.29, 1.82) is 0 Å². The van der Waals surface area contributed by atoms with Gasteiger partial charge >= 0.3 is 0 Å². The Balaban J connectivity index is 2.22. The van der Waals surface area contributed by atoms with Gasteiger partial charge in [0.15, 0.2) is 9.84 Å². The van der Waals surface area contributed by atoms with Crippen LogP contribution in [0, 0.1) is 0 Å². The van der Waals surface area contributed by atoms with E-state index in [2.05, 4.69) is 35.5 Å². The fourth-order valence-corrected chi connectivity index (χ4v) is 4.75. The second kappa shape index (κ2) is 9.30. The lowest BCUT2D eigenvalue weighted by Gasteiger charge is -2.29. The fourth-order valence-electron chi connectivity index (χ4n) is 2.95. The van der Waals surface area contributed by atoms with Crippen molar-refractivity contribution in [3.63, 3.8) is 0 Å². The summed E-state index contributed by atoms with van der Waals surface area (Å²) >= 11 is 1.63. The van der Waals surface area contributed by atoms with E-state index in [1.165, 1.54) is 6.07 Å². The molecule has 1 heterocycles. The molecule has 0 saturated carbocycles. The van der Waals surface area contributed by atoms with Crippen LogP contribution >= 0.6 is 11.3 Å². The third-order valence-electron chi connectivity index (χ3n) is 4.48. The maximum atomic E-state index is 12.7. The molecule has 2 aromatic rings. The van der Waals surface area contributed by atoms with E-state index < -0.39 is 9.84 Å². The maximum Gasteiger partial charge on any atom is 0.252 e. The van der Waals surface area contributed by atoms with Gasteiger partial charge in [0.2, 0.25) is 0 Å². The minimum atomic E-state index is -3.45. The predicted octanol–water partition coefficient (Wildman–Crippen LogP) is 3.35. The van der Waals surface area contributed by atoms with Crippen LogP contribution in [-0.4, -0.2) is 44.6 Å². The zero-order valence-corrected chi connectivity index (χ0v) is 17.1. The molecule has 2 rings (SSSR count). The quantitative estimate of drug-likeness (QED) is 0.708. The van der Waals surface area contributed by atoms with Crippen molar-refractivity contribution < 1.29 is 13.2 Å². The monoisotopic (exact) mass is 394 g/mol. The zero-order chi connectivity index (χ0) is 19.2. The molecule has 1 aromatic carbocycles. The predicted molar refractivity (Wildman–Crippen MR) is 106 cm³/mol. The number of hydrogen-bond donors (Lipinski definition) is 1. The van der Waals surface area contributed by atoms with Gasteiger partial charge in [-0.1, -0.05) is 32.9 Å². The van der Waals surface area contributed by atoms with Crippen molar-refractivity contribution in [2.24, 2.45) is 0 Å². The van der Waals surface area contributed by atoms with Gasteiger partial charge in [-0.25, -0.2) is 8.42 Å². The Kier molecular flexibility index (Phi) is 7.37. The molecule has 0 aliphatic heterocycles. The molecule has 1 atom stereocenters. The summed E-state index contributed by atoms with van der Waals surface area (Å²) in [4.78, 5) is 15.1. The van der Waals surface area contributed by atoms with Crippen LogP contribution in [0.15, 0.2) is 46.0 Å². The molecule has 1 unspecified atom stereocenters. The number of carbonyl (C=O) groups is 1. The summed E-state index contributed by atoms with van der Waals surface area (Å²) in [5.74, 6) is -0.390. The Bertz CT molecular complexity index is 813. The van der Waals surface area contributed by atoms with Gasteiger partial charge in [-0.3, -0.25) is 9.69 Å². The van der Waals surface area contributed by atoms with Crippen LogP contribution in [0.5, 0.6) is 0 Å². The van der Waals surface area contributed by atoms with Crippen LogP contribution < -0.4 is 5.32 Å². The number of amides is 1. The second-order valence-electron chi connectivity index (χ2n) is 5.90. The molecule has 142 valence electrons. The largest absolute Gasteiger partial charge is 0.350 e. The summed E-state index contributed by atoms with van der Waals surface area (Å²) in [6.07, 6.45) is 0. The van der Waals surface area contributed by atoms with Gasteiger partial charge in [0.1, 0.15) is 0 Å². The Morgan fingerprint density at radius 2 is 1.85 bits per heavy atom. The van der Waals surface area contributed by atoms with Crippen molar-refractivity contribution in [3.05, 3.63) is 52.2 Å². The van der Waals surface area contributed by atoms with Crippen LogP contribution in [0.25, 0.3) is 0 Å². The van der Waals surface area contributed by atoms with Crippen molar-refractivity contribution in [1.82, 2.24) is 10.2 Å². The lowest BCUT2D eigenvalue weighted by atomic mass is 10.1. The number of hydrogen-bond acceptors (Lipinski definition) is 5. The number of nitrogens with one attached hydrogen (secondary N) is 1. The van der Waals surface area contributed by atoms with Crippen molar-refractivity contribution in [2.45, 2.75) is 31.7 Å². The first-order valence-electron chi connectivity index (χ1n) is 8.80. The highest BCUT2D eigenvalue weighted by Gasteiger charge is 2.23.